The van der Waals surface area contributed by atoms with Gasteiger partial charge in [-0.15, -0.1) is 0 Å². The lowest BCUT2D eigenvalue weighted by atomic mass is 9.95. The van der Waals surface area contributed by atoms with E-state index in [4.69, 9.17) is 27.6 Å². The Kier molecular flexibility index (Phi) is 5.11. The molecule has 5 nitrogen and oxygen atoms in total. The van der Waals surface area contributed by atoms with Crippen LogP contribution >= 0.6 is 23.2 Å². The molecule has 1 atom stereocenters. The van der Waals surface area contributed by atoms with E-state index in [-0.39, 0.29) is 23.6 Å². The fraction of sp³-hybridized carbons (Fsp3) is 0.143. The minimum atomic E-state index is -0.267. The zero-order valence-corrected chi connectivity index (χ0v) is 16.2. The van der Waals surface area contributed by atoms with E-state index in [1.807, 2.05) is 6.07 Å². The lowest BCUT2D eigenvalue weighted by molar-refractivity contribution is 0.0932. The van der Waals surface area contributed by atoms with E-state index in [9.17, 15) is 9.59 Å². The molecule has 4 rings (SSSR count). The second kappa shape index (κ2) is 7.70. The van der Waals surface area contributed by atoms with E-state index in [0.29, 0.717) is 34.3 Å². The molecule has 0 saturated carbocycles. The Balaban J connectivity index is 1.64. The number of anilines is 1. The number of fused-ring (bicyclic) bond motifs is 1. The van der Waals surface area contributed by atoms with Gasteiger partial charge in [0.15, 0.2) is 5.76 Å². The summed E-state index contributed by atoms with van der Waals surface area (Å²) in [4.78, 5) is 27.1. The number of carbonyl (C=O) groups excluding carboxylic acids is 2. The fourth-order valence-corrected chi connectivity index (χ4v) is 3.74. The lowest BCUT2D eigenvalue weighted by Gasteiger charge is -2.34. The molecule has 2 aromatic carbocycles. The van der Waals surface area contributed by atoms with E-state index < -0.39 is 0 Å². The van der Waals surface area contributed by atoms with Crippen molar-refractivity contribution >= 4 is 40.7 Å². The maximum absolute atomic E-state index is 12.8. The highest BCUT2D eigenvalue weighted by Crippen LogP contribution is 2.37. The van der Waals surface area contributed by atoms with Gasteiger partial charge in [-0.25, -0.2) is 0 Å². The second-order valence-electron chi connectivity index (χ2n) is 6.43. The Morgan fingerprint density at radius 1 is 1.07 bits per heavy atom. The maximum atomic E-state index is 12.8. The largest absolute Gasteiger partial charge is 0.459 e. The van der Waals surface area contributed by atoms with Gasteiger partial charge in [-0.1, -0.05) is 41.4 Å². The molecule has 1 aliphatic heterocycles. The second-order valence-corrected chi connectivity index (χ2v) is 7.28. The van der Waals surface area contributed by atoms with Crippen molar-refractivity contribution in [2.75, 3.05) is 11.4 Å². The van der Waals surface area contributed by atoms with Gasteiger partial charge in [0, 0.05) is 11.6 Å². The normalized spacial score (nSPS) is 15.8. The fourth-order valence-electron chi connectivity index (χ4n) is 3.35. The van der Waals surface area contributed by atoms with Crippen molar-refractivity contribution < 1.29 is 14.0 Å². The molecular formula is C21H16Cl2N2O3. The van der Waals surface area contributed by atoms with Crippen molar-refractivity contribution in [2.45, 2.75) is 12.5 Å². The van der Waals surface area contributed by atoms with Crippen LogP contribution < -0.4 is 10.2 Å². The zero-order chi connectivity index (χ0) is 19.7. The van der Waals surface area contributed by atoms with Crippen LogP contribution in [-0.4, -0.2) is 18.4 Å². The highest BCUT2D eigenvalue weighted by atomic mass is 35.5. The first-order chi connectivity index (χ1) is 13.5. The van der Waals surface area contributed by atoms with E-state index in [1.54, 1.807) is 53.4 Å². The smallest absolute Gasteiger partial charge is 0.293 e. The van der Waals surface area contributed by atoms with Gasteiger partial charge in [0.25, 0.3) is 11.8 Å². The Labute approximate surface area is 171 Å². The van der Waals surface area contributed by atoms with Gasteiger partial charge in [0.05, 0.1) is 28.6 Å². The number of halogens is 2. The molecule has 0 radical (unpaired) electrons. The van der Waals surface area contributed by atoms with Crippen LogP contribution in [-0.2, 0) is 0 Å². The van der Waals surface area contributed by atoms with Crippen molar-refractivity contribution in [3.8, 4) is 0 Å². The highest BCUT2D eigenvalue weighted by Gasteiger charge is 2.31. The summed E-state index contributed by atoms with van der Waals surface area (Å²) in [5.74, 6) is -0.254. The van der Waals surface area contributed by atoms with E-state index >= 15 is 0 Å². The van der Waals surface area contributed by atoms with Crippen molar-refractivity contribution in [1.29, 1.82) is 0 Å². The van der Waals surface area contributed by atoms with Crippen molar-refractivity contribution in [2.24, 2.45) is 0 Å². The summed E-state index contributed by atoms with van der Waals surface area (Å²) in [5.41, 5.74) is 1.88. The Hall–Kier alpha value is -2.76. The first-order valence-electron chi connectivity index (χ1n) is 8.75. The average molecular weight is 415 g/mol. The topological polar surface area (TPSA) is 62.6 Å². The summed E-state index contributed by atoms with van der Waals surface area (Å²) < 4.78 is 5.25. The van der Waals surface area contributed by atoms with Gasteiger partial charge in [0.2, 0.25) is 0 Å². The molecule has 1 aliphatic rings. The summed E-state index contributed by atoms with van der Waals surface area (Å²) >= 11 is 12.3. The molecule has 0 saturated heterocycles. The number of nitrogens with one attached hydrogen (secondary N) is 1. The molecule has 0 aliphatic carbocycles. The third-order valence-corrected chi connectivity index (χ3v) is 5.27. The number of furan rings is 1. The summed E-state index contributed by atoms with van der Waals surface area (Å²) in [5, 5.41) is 3.92. The molecule has 2 heterocycles. The number of amides is 2. The molecule has 7 heteroatoms. The zero-order valence-electron chi connectivity index (χ0n) is 14.7. The van der Waals surface area contributed by atoms with Crippen LogP contribution in [0.5, 0.6) is 0 Å². The molecule has 0 fully saturated rings. The molecule has 142 valence electrons. The van der Waals surface area contributed by atoms with Gasteiger partial charge < -0.3 is 14.6 Å². The number of rotatable bonds is 3. The van der Waals surface area contributed by atoms with Gasteiger partial charge in [0.1, 0.15) is 0 Å². The van der Waals surface area contributed by atoms with Crippen LogP contribution in [0.4, 0.5) is 5.69 Å². The monoisotopic (exact) mass is 414 g/mol. The van der Waals surface area contributed by atoms with E-state index in [1.165, 1.54) is 6.26 Å². The number of hydrogen-bond acceptors (Lipinski definition) is 3. The molecule has 1 aromatic heterocycles. The molecule has 2 amide bonds. The molecular weight excluding hydrogens is 399 g/mol. The first kappa shape index (κ1) is 18.6. The SMILES string of the molecule is O=C(NC1CCN(C(=O)c2ccco2)c2cc(Cl)ccc21)c1ccccc1Cl. The molecule has 1 unspecified atom stereocenters. The van der Waals surface area contributed by atoms with Gasteiger partial charge >= 0.3 is 0 Å². The number of hydrogen-bond donors (Lipinski definition) is 1. The average Bonchev–Trinajstić information content (AvgIpc) is 3.22. The molecule has 3 aromatic rings. The van der Waals surface area contributed by atoms with Gasteiger partial charge in [-0.2, -0.15) is 0 Å². The van der Waals surface area contributed by atoms with Crippen LogP contribution in [0.3, 0.4) is 0 Å². The standard InChI is InChI=1S/C21H16Cl2N2O3/c22-13-7-8-15-17(24-20(26)14-4-1-2-5-16(14)23)9-10-25(18(15)12-13)21(27)19-6-3-11-28-19/h1-8,11-12,17H,9-10H2,(H,24,26). The first-order valence-corrected chi connectivity index (χ1v) is 9.50. The number of nitrogens with zero attached hydrogens (tertiary/aromatic N) is 1. The maximum Gasteiger partial charge on any atom is 0.293 e. The van der Waals surface area contributed by atoms with Crippen LogP contribution in [0.25, 0.3) is 0 Å². The quantitative estimate of drug-likeness (QED) is 0.647. The van der Waals surface area contributed by atoms with Crippen LogP contribution in [0.2, 0.25) is 10.0 Å². The number of benzene rings is 2. The summed E-state index contributed by atoms with van der Waals surface area (Å²) in [6, 6.07) is 15.2. The predicted molar refractivity (Wildman–Crippen MR) is 108 cm³/mol. The Morgan fingerprint density at radius 2 is 1.89 bits per heavy atom. The number of carbonyl (C=O) groups is 2. The van der Waals surface area contributed by atoms with Crippen LogP contribution in [0.1, 0.15) is 38.9 Å². The molecule has 1 N–H and O–H groups in total. The van der Waals surface area contributed by atoms with Crippen LogP contribution in [0.15, 0.2) is 65.3 Å². The molecule has 28 heavy (non-hydrogen) atoms. The summed E-state index contributed by atoms with van der Waals surface area (Å²) in [6.45, 7) is 0.417. The van der Waals surface area contributed by atoms with Crippen molar-refractivity contribution in [3.63, 3.8) is 0 Å². The van der Waals surface area contributed by atoms with Crippen molar-refractivity contribution in [1.82, 2.24) is 5.32 Å². The Bertz CT molecular complexity index is 1030. The highest BCUT2D eigenvalue weighted by molar-refractivity contribution is 6.33. The minimum absolute atomic E-state index is 0.246. The summed E-state index contributed by atoms with van der Waals surface area (Å²) in [6.07, 6.45) is 2.01. The van der Waals surface area contributed by atoms with E-state index in [0.717, 1.165) is 5.56 Å². The summed E-state index contributed by atoms with van der Waals surface area (Å²) in [7, 11) is 0. The van der Waals surface area contributed by atoms with Gasteiger partial charge in [-0.05, 0) is 48.4 Å². The predicted octanol–water partition coefficient (Wildman–Crippen LogP) is 5.11. The third kappa shape index (κ3) is 3.51. The lowest BCUT2D eigenvalue weighted by Crippen LogP contribution is -2.41. The Morgan fingerprint density at radius 3 is 2.64 bits per heavy atom. The molecule has 0 bridgehead atoms. The van der Waals surface area contributed by atoms with Crippen molar-refractivity contribution in [3.05, 3.63) is 87.8 Å². The van der Waals surface area contributed by atoms with Crippen LogP contribution in [0, 0.1) is 0 Å². The third-order valence-electron chi connectivity index (χ3n) is 4.70. The van der Waals surface area contributed by atoms with Gasteiger partial charge in [-0.3, -0.25) is 9.59 Å². The molecule has 0 spiro atoms. The minimum Gasteiger partial charge on any atom is -0.459 e. The van der Waals surface area contributed by atoms with E-state index in [2.05, 4.69) is 5.32 Å².